The van der Waals surface area contributed by atoms with Gasteiger partial charge in [-0.05, 0) is 17.7 Å². The predicted molar refractivity (Wildman–Crippen MR) is 79.4 cm³/mol. The maximum atomic E-state index is 14.0. The highest BCUT2D eigenvalue weighted by molar-refractivity contribution is 7.89. The van der Waals surface area contributed by atoms with Crippen LogP contribution in [0.25, 0.3) is 0 Å². The molecule has 0 saturated heterocycles. The summed E-state index contributed by atoms with van der Waals surface area (Å²) in [4.78, 5) is -1.77. The average molecular weight is 393 g/mol. The van der Waals surface area contributed by atoms with Crippen LogP contribution in [0, 0.1) is 23.3 Å². The van der Waals surface area contributed by atoms with Crippen LogP contribution in [0.15, 0.2) is 23.1 Å². The van der Waals surface area contributed by atoms with E-state index in [9.17, 15) is 26.0 Å². The van der Waals surface area contributed by atoms with Crippen molar-refractivity contribution in [2.75, 3.05) is 13.9 Å². The topological polar surface area (TPSA) is 73.9 Å². The molecule has 0 bridgehead atoms. The van der Waals surface area contributed by atoms with Gasteiger partial charge in [-0.25, -0.2) is 21.9 Å². The van der Waals surface area contributed by atoms with Crippen molar-refractivity contribution in [2.24, 2.45) is 0 Å². The number of halogens is 4. The van der Waals surface area contributed by atoms with Gasteiger partial charge in [0.2, 0.25) is 28.5 Å². The Morgan fingerprint density at radius 2 is 1.65 bits per heavy atom. The molecule has 26 heavy (non-hydrogen) atoms. The Morgan fingerprint density at radius 1 is 1.04 bits per heavy atom. The molecule has 1 aliphatic heterocycles. The van der Waals surface area contributed by atoms with Crippen LogP contribution >= 0.6 is 0 Å². The number of nitrogens with one attached hydrogen (secondary N) is 1. The van der Waals surface area contributed by atoms with Crippen molar-refractivity contribution in [3.8, 4) is 17.2 Å². The summed E-state index contributed by atoms with van der Waals surface area (Å²) in [5, 5.41) is 0. The summed E-state index contributed by atoms with van der Waals surface area (Å²) in [6, 6.07) is 4.45. The van der Waals surface area contributed by atoms with Crippen LogP contribution in [0.3, 0.4) is 0 Å². The Bertz CT molecular complexity index is 951. The molecule has 6 nitrogen and oxygen atoms in total. The molecule has 0 saturated carbocycles. The Kier molecular flexibility index (Phi) is 4.67. The van der Waals surface area contributed by atoms with Crippen LogP contribution in [-0.4, -0.2) is 22.3 Å². The summed E-state index contributed by atoms with van der Waals surface area (Å²) in [5.41, 5.74) is 0.369. The Labute approximate surface area is 145 Å². The van der Waals surface area contributed by atoms with E-state index in [4.69, 9.17) is 9.47 Å². The first-order valence-corrected chi connectivity index (χ1v) is 8.52. The summed E-state index contributed by atoms with van der Waals surface area (Å²) in [5.74, 6) is -8.61. The molecule has 0 atom stereocenters. The molecule has 0 radical (unpaired) electrons. The summed E-state index contributed by atoms with van der Waals surface area (Å²) in [6.07, 6.45) is 0. The number of hydrogen-bond donors (Lipinski definition) is 1. The van der Waals surface area contributed by atoms with E-state index in [1.54, 1.807) is 0 Å². The minimum Gasteiger partial charge on any atom is -0.491 e. The molecule has 1 N–H and O–H groups in total. The highest BCUT2D eigenvalue weighted by Crippen LogP contribution is 2.34. The van der Waals surface area contributed by atoms with Crippen LogP contribution in [-0.2, 0) is 16.6 Å². The molecule has 0 unspecified atom stereocenters. The summed E-state index contributed by atoms with van der Waals surface area (Å²) in [7, 11) is -4.13. The van der Waals surface area contributed by atoms with Gasteiger partial charge in [-0.2, -0.15) is 8.78 Å². The zero-order valence-electron chi connectivity index (χ0n) is 13.1. The van der Waals surface area contributed by atoms with E-state index in [2.05, 4.69) is 4.74 Å². The molecule has 0 spiro atoms. The number of methoxy groups -OCH3 is 1. The predicted octanol–water partition coefficient (Wildman–Crippen LogP) is 2.46. The van der Waals surface area contributed by atoms with Crippen molar-refractivity contribution in [3.63, 3.8) is 0 Å². The Morgan fingerprint density at radius 3 is 2.27 bits per heavy atom. The second kappa shape index (κ2) is 6.65. The monoisotopic (exact) mass is 393 g/mol. The van der Waals surface area contributed by atoms with Gasteiger partial charge in [0.1, 0.15) is 0 Å². The number of rotatable bonds is 5. The molecular weight excluding hydrogens is 382 g/mol. The number of hydrogen-bond acceptors (Lipinski definition) is 5. The SMILES string of the molecule is COc1c(F)c(F)c(S(=O)(=O)NCc2ccc3c(c2)OCO3)c(F)c1F. The van der Waals surface area contributed by atoms with Crippen LogP contribution < -0.4 is 18.9 Å². The van der Waals surface area contributed by atoms with Gasteiger partial charge in [-0.15, -0.1) is 0 Å². The largest absolute Gasteiger partial charge is 0.491 e. The smallest absolute Gasteiger partial charge is 0.246 e. The fourth-order valence-electron chi connectivity index (χ4n) is 2.31. The van der Waals surface area contributed by atoms with Crippen LogP contribution in [0.1, 0.15) is 5.56 Å². The lowest BCUT2D eigenvalue weighted by Gasteiger charge is -2.12. The zero-order chi connectivity index (χ0) is 19.1. The van der Waals surface area contributed by atoms with Crippen molar-refractivity contribution in [3.05, 3.63) is 47.0 Å². The van der Waals surface area contributed by atoms with Crippen LogP contribution in [0.2, 0.25) is 0 Å². The summed E-state index contributed by atoms with van der Waals surface area (Å²) < 4.78 is 96.0. The van der Waals surface area contributed by atoms with E-state index in [1.165, 1.54) is 18.2 Å². The molecule has 2 aromatic rings. The van der Waals surface area contributed by atoms with Gasteiger partial charge >= 0.3 is 0 Å². The van der Waals surface area contributed by atoms with Crippen molar-refractivity contribution >= 4 is 10.0 Å². The quantitative estimate of drug-likeness (QED) is 0.624. The minimum absolute atomic E-state index is 0.00530. The lowest BCUT2D eigenvalue weighted by Crippen LogP contribution is -2.26. The molecular formula is C15H11F4NO5S. The molecule has 0 fully saturated rings. The second-order valence-electron chi connectivity index (χ2n) is 5.13. The molecule has 0 aliphatic carbocycles. The van der Waals surface area contributed by atoms with Gasteiger partial charge in [0.05, 0.1) is 7.11 Å². The fourth-order valence-corrected chi connectivity index (χ4v) is 3.46. The number of ether oxygens (including phenoxy) is 3. The maximum Gasteiger partial charge on any atom is 0.246 e. The van der Waals surface area contributed by atoms with Crippen molar-refractivity contribution in [1.82, 2.24) is 4.72 Å². The van der Waals surface area contributed by atoms with E-state index in [0.717, 1.165) is 7.11 Å². The minimum atomic E-state index is -4.91. The number of sulfonamides is 1. The molecule has 1 aliphatic rings. The van der Waals surface area contributed by atoms with Crippen LogP contribution in [0.4, 0.5) is 17.6 Å². The Hall–Kier alpha value is -2.53. The maximum absolute atomic E-state index is 14.0. The third kappa shape index (κ3) is 3.03. The molecule has 2 aromatic carbocycles. The molecule has 11 heteroatoms. The number of benzene rings is 2. The second-order valence-corrected chi connectivity index (χ2v) is 6.83. The normalized spacial score (nSPS) is 13.1. The van der Waals surface area contributed by atoms with E-state index in [0.29, 0.717) is 17.1 Å². The summed E-state index contributed by atoms with van der Waals surface area (Å²) in [6.45, 7) is -0.404. The third-order valence-corrected chi connectivity index (χ3v) is 4.98. The molecule has 140 valence electrons. The highest BCUT2D eigenvalue weighted by Gasteiger charge is 2.33. The third-order valence-electron chi connectivity index (χ3n) is 3.56. The van der Waals surface area contributed by atoms with Gasteiger partial charge < -0.3 is 14.2 Å². The standard InChI is InChI=1S/C15H11F4NO5S/c1-23-14-10(16)12(18)15(13(19)11(14)17)26(21,22)20-5-7-2-3-8-9(4-7)25-6-24-8/h2-4,20H,5-6H2,1H3. The van der Waals surface area contributed by atoms with Crippen LogP contribution in [0.5, 0.6) is 17.2 Å². The summed E-state index contributed by atoms with van der Waals surface area (Å²) >= 11 is 0. The van der Waals surface area contributed by atoms with Crippen molar-refractivity contribution < 1.29 is 40.2 Å². The van der Waals surface area contributed by atoms with Gasteiger partial charge in [-0.1, -0.05) is 6.07 Å². The first kappa shape index (κ1) is 18.3. The lowest BCUT2D eigenvalue weighted by molar-refractivity contribution is 0.174. The molecule has 3 rings (SSSR count). The molecule has 1 heterocycles. The first-order chi connectivity index (χ1) is 12.3. The number of fused-ring (bicyclic) bond motifs is 1. The molecule has 0 aromatic heterocycles. The van der Waals surface area contributed by atoms with Crippen molar-refractivity contribution in [2.45, 2.75) is 11.4 Å². The Balaban J connectivity index is 1.91. The average Bonchev–Trinajstić information content (AvgIpc) is 3.06. The lowest BCUT2D eigenvalue weighted by atomic mass is 10.2. The van der Waals surface area contributed by atoms with Gasteiger partial charge in [0.25, 0.3) is 0 Å². The van der Waals surface area contributed by atoms with E-state index >= 15 is 0 Å². The molecule has 0 amide bonds. The van der Waals surface area contributed by atoms with Gasteiger partial charge in [0.15, 0.2) is 33.8 Å². The van der Waals surface area contributed by atoms with E-state index in [-0.39, 0.29) is 6.79 Å². The first-order valence-electron chi connectivity index (χ1n) is 7.04. The highest BCUT2D eigenvalue weighted by atomic mass is 32.2. The zero-order valence-corrected chi connectivity index (χ0v) is 13.9. The van der Waals surface area contributed by atoms with Gasteiger partial charge in [-0.3, -0.25) is 0 Å². The van der Waals surface area contributed by atoms with Crippen molar-refractivity contribution in [1.29, 1.82) is 0 Å². The van der Waals surface area contributed by atoms with E-state index < -0.39 is 50.5 Å². The fraction of sp³-hybridized carbons (Fsp3) is 0.200. The van der Waals surface area contributed by atoms with Gasteiger partial charge in [0, 0.05) is 6.54 Å². The van der Waals surface area contributed by atoms with E-state index in [1.807, 2.05) is 4.72 Å².